The monoisotopic (exact) mass is 296 g/mol. The molecule has 0 aromatic heterocycles. The van der Waals surface area contributed by atoms with Gasteiger partial charge in [0, 0.05) is 11.1 Å². The molecule has 0 heterocycles. The fraction of sp³-hybridized carbons (Fsp3) is 0.278. The van der Waals surface area contributed by atoms with Gasteiger partial charge >= 0.3 is 5.97 Å². The minimum absolute atomic E-state index is 0.0269. The van der Waals surface area contributed by atoms with Crippen LogP contribution in [0.15, 0.2) is 36.4 Å². The maximum absolute atomic E-state index is 12.3. The van der Waals surface area contributed by atoms with Crippen molar-refractivity contribution in [2.24, 2.45) is 0 Å². The molecule has 4 nitrogen and oxygen atoms in total. The van der Waals surface area contributed by atoms with Gasteiger partial charge in [-0.25, -0.2) is 4.79 Å². The van der Waals surface area contributed by atoms with Gasteiger partial charge in [-0.3, -0.25) is 0 Å². The van der Waals surface area contributed by atoms with E-state index in [0.29, 0.717) is 11.7 Å². The average molecular weight is 296 g/mol. The summed E-state index contributed by atoms with van der Waals surface area (Å²) >= 11 is 0. The molecule has 2 atom stereocenters. The Morgan fingerprint density at radius 1 is 1.05 bits per heavy atom. The van der Waals surface area contributed by atoms with Crippen LogP contribution in [0.25, 0.3) is 0 Å². The Kier molecular flexibility index (Phi) is 2.86. The van der Waals surface area contributed by atoms with Crippen molar-refractivity contribution in [3.05, 3.63) is 53.1 Å². The molecule has 0 aliphatic heterocycles. The molecule has 2 aromatic carbocycles. The molecule has 2 aliphatic rings. The smallest absolute Gasteiger partial charge is 0.347 e. The number of phenolic OH excluding ortho intramolecular Hbond substituents is 2. The zero-order valence-corrected chi connectivity index (χ0v) is 12.0. The summed E-state index contributed by atoms with van der Waals surface area (Å²) in [6.45, 7) is 0. The minimum Gasteiger partial charge on any atom is -0.508 e. The first-order chi connectivity index (χ1) is 10.6. The Labute approximate surface area is 128 Å². The third-order valence-electron chi connectivity index (χ3n) is 4.78. The highest BCUT2D eigenvalue weighted by molar-refractivity contribution is 5.95. The number of rotatable bonds is 2. The van der Waals surface area contributed by atoms with E-state index in [9.17, 15) is 15.0 Å². The van der Waals surface area contributed by atoms with Crippen molar-refractivity contribution in [1.29, 1.82) is 0 Å². The van der Waals surface area contributed by atoms with Gasteiger partial charge in [-0.1, -0.05) is 18.2 Å². The zero-order chi connectivity index (χ0) is 15.3. The number of phenols is 2. The van der Waals surface area contributed by atoms with Gasteiger partial charge in [-0.05, 0) is 49.3 Å². The molecule has 2 aromatic rings. The van der Waals surface area contributed by atoms with Crippen LogP contribution in [0.4, 0.5) is 0 Å². The molecule has 0 radical (unpaired) electrons. The highest BCUT2D eigenvalue weighted by atomic mass is 16.5. The quantitative estimate of drug-likeness (QED) is 0.504. The number of aromatic hydroxyl groups is 2. The third kappa shape index (κ3) is 1.87. The van der Waals surface area contributed by atoms with Crippen molar-refractivity contribution in [2.45, 2.75) is 31.1 Å². The van der Waals surface area contributed by atoms with Crippen LogP contribution in [-0.2, 0) is 0 Å². The summed E-state index contributed by atoms with van der Waals surface area (Å²) in [7, 11) is 0. The molecular formula is C18H16O4. The van der Waals surface area contributed by atoms with Crippen molar-refractivity contribution in [3.8, 4) is 17.2 Å². The molecule has 2 unspecified atom stereocenters. The Bertz CT molecular complexity index is 751. The summed E-state index contributed by atoms with van der Waals surface area (Å²) in [6.07, 6.45) is 2.99. The van der Waals surface area contributed by atoms with Crippen molar-refractivity contribution in [2.75, 3.05) is 0 Å². The summed E-state index contributed by atoms with van der Waals surface area (Å²) in [6, 6.07) is 10.0. The molecular weight excluding hydrogens is 280 g/mol. The van der Waals surface area contributed by atoms with Crippen molar-refractivity contribution < 1.29 is 19.7 Å². The van der Waals surface area contributed by atoms with Gasteiger partial charge in [0.1, 0.15) is 22.8 Å². The molecule has 4 rings (SSSR count). The van der Waals surface area contributed by atoms with E-state index in [-0.39, 0.29) is 23.0 Å². The summed E-state index contributed by atoms with van der Waals surface area (Å²) < 4.78 is 5.27. The van der Waals surface area contributed by atoms with Gasteiger partial charge in [0.05, 0.1) is 0 Å². The SMILES string of the molecule is O=C(Oc1ccccc1)c1cc(O)c2c(c1O)C1CCC2C1. The molecule has 2 N–H and O–H groups in total. The standard InChI is InChI=1S/C18H16O4/c19-14-9-13(18(21)22-12-4-2-1-3-5-12)17(20)16-11-7-6-10(8-11)15(14)16/h1-5,9-11,19-20H,6-8H2. The molecule has 4 heteroatoms. The van der Waals surface area contributed by atoms with E-state index in [4.69, 9.17) is 4.74 Å². The largest absolute Gasteiger partial charge is 0.508 e. The Morgan fingerprint density at radius 2 is 1.73 bits per heavy atom. The van der Waals surface area contributed by atoms with Crippen molar-refractivity contribution in [3.63, 3.8) is 0 Å². The van der Waals surface area contributed by atoms with Crippen LogP contribution in [0.5, 0.6) is 17.2 Å². The second-order valence-corrected chi connectivity index (χ2v) is 6.03. The number of carbonyl (C=O) groups is 1. The normalized spacial score (nSPS) is 21.6. The van der Waals surface area contributed by atoms with Crippen molar-refractivity contribution in [1.82, 2.24) is 0 Å². The predicted molar refractivity (Wildman–Crippen MR) is 80.5 cm³/mol. The van der Waals surface area contributed by atoms with Crippen LogP contribution in [0.1, 0.15) is 52.6 Å². The third-order valence-corrected chi connectivity index (χ3v) is 4.78. The highest BCUT2D eigenvalue weighted by Crippen LogP contribution is 2.59. The molecule has 1 fully saturated rings. The van der Waals surface area contributed by atoms with E-state index in [0.717, 1.165) is 30.4 Å². The van der Waals surface area contributed by atoms with Crippen LogP contribution in [0.2, 0.25) is 0 Å². The lowest BCUT2D eigenvalue weighted by molar-refractivity contribution is 0.0731. The van der Waals surface area contributed by atoms with Crippen LogP contribution in [0.3, 0.4) is 0 Å². The number of hydrogen-bond acceptors (Lipinski definition) is 4. The van der Waals surface area contributed by atoms with E-state index < -0.39 is 5.97 Å². The summed E-state index contributed by atoms with van der Waals surface area (Å²) in [5.41, 5.74) is 1.61. The molecule has 0 spiro atoms. The first-order valence-electron chi connectivity index (χ1n) is 7.51. The minimum atomic E-state index is -0.649. The van der Waals surface area contributed by atoms with Gasteiger partial charge < -0.3 is 14.9 Å². The highest BCUT2D eigenvalue weighted by Gasteiger charge is 2.42. The lowest BCUT2D eigenvalue weighted by atomic mass is 9.88. The predicted octanol–water partition coefficient (Wildman–Crippen LogP) is 3.68. The van der Waals surface area contributed by atoms with E-state index in [1.807, 2.05) is 6.07 Å². The van der Waals surface area contributed by atoms with Crippen LogP contribution < -0.4 is 4.74 Å². The summed E-state index contributed by atoms with van der Waals surface area (Å²) in [4.78, 5) is 12.3. The van der Waals surface area contributed by atoms with E-state index in [2.05, 4.69) is 0 Å². The van der Waals surface area contributed by atoms with Crippen molar-refractivity contribution >= 4 is 5.97 Å². The van der Waals surface area contributed by atoms with E-state index in [1.165, 1.54) is 6.07 Å². The fourth-order valence-electron chi connectivity index (χ4n) is 3.85. The number of para-hydroxylation sites is 1. The lowest BCUT2D eigenvalue weighted by Crippen LogP contribution is -2.11. The average Bonchev–Trinajstić information content (AvgIpc) is 3.13. The topological polar surface area (TPSA) is 66.8 Å². The molecule has 1 saturated carbocycles. The van der Waals surface area contributed by atoms with Crippen LogP contribution in [-0.4, -0.2) is 16.2 Å². The first-order valence-corrected chi connectivity index (χ1v) is 7.51. The molecule has 2 aliphatic carbocycles. The molecule has 22 heavy (non-hydrogen) atoms. The molecule has 0 amide bonds. The van der Waals surface area contributed by atoms with E-state index in [1.54, 1.807) is 24.3 Å². The van der Waals surface area contributed by atoms with Gasteiger partial charge in [-0.2, -0.15) is 0 Å². The molecule has 112 valence electrons. The fourth-order valence-corrected chi connectivity index (χ4v) is 3.85. The van der Waals surface area contributed by atoms with Gasteiger partial charge in [0.15, 0.2) is 0 Å². The number of ether oxygens (including phenoxy) is 1. The number of esters is 1. The summed E-state index contributed by atoms with van der Waals surface area (Å²) in [5, 5.41) is 20.7. The van der Waals surface area contributed by atoms with Gasteiger partial charge in [-0.15, -0.1) is 0 Å². The number of fused-ring (bicyclic) bond motifs is 5. The van der Waals surface area contributed by atoms with Gasteiger partial charge in [0.2, 0.25) is 0 Å². The second-order valence-electron chi connectivity index (χ2n) is 6.03. The second kappa shape index (κ2) is 4.77. The molecule has 2 bridgehead atoms. The van der Waals surface area contributed by atoms with E-state index >= 15 is 0 Å². The maximum Gasteiger partial charge on any atom is 0.347 e. The number of carbonyl (C=O) groups excluding carboxylic acids is 1. The zero-order valence-electron chi connectivity index (χ0n) is 12.0. The molecule has 0 saturated heterocycles. The Hall–Kier alpha value is -2.49. The van der Waals surface area contributed by atoms with Crippen LogP contribution in [0, 0.1) is 0 Å². The summed E-state index contributed by atoms with van der Waals surface area (Å²) in [5.74, 6) is 0.388. The number of hydrogen-bond donors (Lipinski definition) is 2. The lowest BCUT2D eigenvalue weighted by Gasteiger charge is -2.19. The Morgan fingerprint density at radius 3 is 2.45 bits per heavy atom. The maximum atomic E-state index is 12.3. The first kappa shape index (κ1) is 13.2. The van der Waals surface area contributed by atoms with Crippen LogP contribution >= 0.6 is 0 Å². The Balaban J connectivity index is 1.73. The van der Waals surface area contributed by atoms with Gasteiger partial charge in [0.25, 0.3) is 0 Å². The number of benzene rings is 2.